The smallest absolute Gasteiger partial charge is 0.303 e. The maximum Gasteiger partial charge on any atom is 0.303 e. The number of carbonyl (C=O) groups is 4. The number of carbonyl (C=O) groups excluding carboxylic acids is 3. The highest BCUT2D eigenvalue weighted by molar-refractivity contribution is 5.83. The number of nitrogens with zero attached hydrogens (tertiary/aromatic N) is 1. The maximum absolute atomic E-state index is 12.6. The lowest BCUT2D eigenvalue weighted by atomic mass is 10.1. The number of nitrogens with two attached hydrogens (primary N) is 1. The van der Waals surface area contributed by atoms with Crippen LogP contribution in [0.4, 0.5) is 0 Å². The number of hydrogen-bond donors (Lipinski definition) is 4. The second-order valence-corrected chi connectivity index (χ2v) is 8.26. The Morgan fingerprint density at radius 2 is 1.45 bits per heavy atom. The number of hydrogen-bond acceptors (Lipinski definition) is 5. The van der Waals surface area contributed by atoms with Gasteiger partial charge in [-0.25, -0.2) is 0 Å². The number of primary amides is 1. The van der Waals surface area contributed by atoms with Crippen LogP contribution >= 0.6 is 0 Å². The fourth-order valence-electron chi connectivity index (χ4n) is 3.69. The van der Waals surface area contributed by atoms with Crippen molar-refractivity contribution >= 4 is 23.7 Å². The summed E-state index contributed by atoms with van der Waals surface area (Å²) in [6, 6.07) is -0.355. The van der Waals surface area contributed by atoms with Crippen molar-refractivity contribution in [2.24, 2.45) is 5.73 Å². The van der Waals surface area contributed by atoms with Crippen LogP contribution in [0.3, 0.4) is 0 Å². The van der Waals surface area contributed by atoms with E-state index in [-0.39, 0.29) is 36.6 Å². The number of amides is 3. The first-order valence-corrected chi connectivity index (χ1v) is 11.7. The Morgan fingerprint density at radius 1 is 0.839 bits per heavy atom. The monoisotopic (exact) mass is 440 g/mol. The molecule has 9 heteroatoms. The Bertz CT molecular complexity index is 564. The summed E-state index contributed by atoms with van der Waals surface area (Å²) in [4.78, 5) is 47.8. The van der Waals surface area contributed by atoms with Crippen molar-refractivity contribution in [3.8, 4) is 0 Å². The summed E-state index contributed by atoms with van der Waals surface area (Å²) in [5.41, 5.74) is 5.25. The Hall–Kier alpha value is -2.16. The van der Waals surface area contributed by atoms with E-state index in [0.29, 0.717) is 32.4 Å². The quantitative estimate of drug-likeness (QED) is 0.238. The fraction of sp³-hybridized carbons (Fsp3) is 0.818. The zero-order chi connectivity index (χ0) is 22.9. The highest BCUT2D eigenvalue weighted by atomic mass is 16.4. The average molecular weight is 441 g/mol. The summed E-state index contributed by atoms with van der Waals surface area (Å²) >= 11 is 0. The predicted octanol–water partition coefficient (Wildman–Crippen LogP) is 1.54. The van der Waals surface area contributed by atoms with Crippen LogP contribution in [0.25, 0.3) is 0 Å². The van der Waals surface area contributed by atoms with Crippen LogP contribution in [0.2, 0.25) is 0 Å². The Morgan fingerprint density at radius 3 is 2.13 bits per heavy atom. The van der Waals surface area contributed by atoms with Crippen LogP contribution in [0, 0.1) is 0 Å². The van der Waals surface area contributed by atoms with E-state index in [2.05, 4.69) is 10.6 Å². The molecule has 1 aliphatic rings. The van der Waals surface area contributed by atoms with Crippen molar-refractivity contribution in [3.05, 3.63) is 0 Å². The van der Waals surface area contributed by atoms with Crippen molar-refractivity contribution in [2.45, 2.75) is 89.5 Å². The third kappa shape index (κ3) is 13.7. The van der Waals surface area contributed by atoms with E-state index in [4.69, 9.17) is 10.8 Å². The van der Waals surface area contributed by atoms with Gasteiger partial charge in [0.25, 0.3) is 0 Å². The predicted molar refractivity (Wildman–Crippen MR) is 118 cm³/mol. The van der Waals surface area contributed by atoms with Gasteiger partial charge in [0.05, 0.1) is 6.04 Å². The minimum absolute atomic E-state index is 0.0408. The molecular formula is C22H40N4O5. The van der Waals surface area contributed by atoms with Crippen LogP contribution in [0.15, 0.2) is 0 Å². The number of aliphatic carboxylic acids is 1. The Balaban J connectivity index is 2.07. The van der Waals surface area contributed by atoms with E-state index in [0.717, 1.165) is 64.5 Å². The van der Waals surface area contributed by atoms with E-state index in [1.807, 2.05) is 4.90 Å². The van der Waals surface area contributed by atoms with Crippen LogP contribution in [0.1, 0.15) is 83.5 Å². The van der Waals surface area contributed by atoms with Crippen molar-refractivity contribution in [1.82, 2.24) is 15.5 Å². The molecule has 0 aromatic heterocycles. The van der Waals surface area contributed by atoms with Crippen molar-refractivity contribution in [1.29, 1.82) is 0 Å². The lowest BCUT2D eigenvalue weighted by molar-refractivity contribution is -0.137. The first kappa shape index (κ1) is 26.9. The Kier molecular flexibility index (Phi) is 14.3. The highest BCUT2D eigenvalue weighted by Gasteiger charge is 2.26. The highest BCUT2D eigenvalue weighted by Crippen LogP contribution is 2.12. The normalized spacial score (nSPS) is 14.4. The molecule has 1 unspecified atom stereocenters. The number of carboxylic acid groups (broad SMARTS) is 1. The van der Waals surface area contributed by atoms with E-state index >= 15 is 0 Å². The van der Waals surface area contributed by atoms with Crippen LogP contribution in [-0.4, -0.2) is 65.9 Å². The van der Waals surface area contributed by atoms with Gasteiger partial charge in [0.1, 0.15) is 0 Å². The van der Waals surface area contributed by atoms with Crippen molar-refractivity contribution < 1.29 is 24.3 Å². The van der Waals surface area contributed by atoms with Crippen LogP contribution in [-0.2, 0) is 19.2 Å². The molecule has 3 amide bonds. The molecule has 0 aliphatic carbocycles. The molecule has 1 aliphatic heterocycles. The van der Waals surface area contributed by atoms with Gasteiger partial charge in [0.2, 0.25) is 17.7 Å². The van der Waals surface area contributed by atoms with Gasteiger partial charge in [0, 0.05) is 38.9 Å². The SMILES string of the molecule is NC(=O)CCC(NCCCCCCC(=O)NCCCCCC(=O)O)C(=O)N1CCCC1. The summed E-state index contributed by atoms with van der Waals surface area (Å²) in [5, 5.41) is 14.7. The van der Waals surface area contributed by atoms with Gasteiger partial charge in [-0.1, -0.05) is 19.3 Å². The van der Waals surface area contributed by atoms with E-state index in [1.165, 1.54) is 0 Å². The molecule has 1 atom stereocenters. The van der Waals surface area contributed by atoms with Gasteiger partial charge in [-0.3, -0.25) is 19.2 Å². The number of unbranched alkanes of at least 4 members (excludes halogenated alkanes) is 5. The van der Waals surface area contributed by atoms with Gasteiger partial charge < -0.3 is 26.4 Å². The van der Waals surface area contributed by atoms with Gasteiger partial charge in [-0.2, -0.15) is 0 Å². The summed E-state index contributed by atoms with van der Waals surface area (Å²) in [5.74, 6) is -1.06. The van der Waals surface area contributed by atoms with Crippen LogP contribution < -0.4 is 16.4 Å². The fourth-order valence-corrected chi connectivity index (χ4v) is 3.69. The van der Waals surface area contributed by atoms with Gasteiger partial charge in [-0.05, 0) is 51.5 Å². The standard InChI is InChI=1S/C22H40N4O5/c23-19(27)13-12-18(22(31)26-16-8-9-17-26)24-14-6-2-1-4-10-20(28)25-15-7-3-5-11-21(29)30/h18,24H,1-17H2,(H2,23,27)(H,25,28)(H,29,30). The molecule has 178 valence electrons. The number of carboxylic acids is 1. The molecule has 0 saturated carbocycles. The maximum atomic E-state index is 12.6. The van der Waals surface area contributed by atoms with E-state index in [9.17, 15) is 19.2 Å². The van der Waals surface area contributed by atoms with Gasteiger partial charge >= 0.3 is 5.97 Å². The topological polar surface area (TPSA) is 142 Å². The van der Waals surface area contributed by atoms with Crippen molar-refractivity contribution in [2.75, 3.05) is 26.2 Å². The Labute approximate surface area is 185 Å². The molecule has 5 N–H and O–H groups in total. The third-order valence-electron chi connectivity index (χ3n) is 5.51. The molecule has 0 aromatic carbocycles. The largest absolute Gasteiger partial charge is 0.481 e. The summed E-state index contributed by atoms with van der Waals surface area (Å²) in [6.45, 7) is 2.88. The third-order valence-corrected chi connectivity index (χ3v) is 5.51. The molecule has 1 rings (SSSR count). The first-order chi connectivity index (χ1) is 14.9. The molecule has 0 bridgehead atoms. The molecule has 0 radical (unpaired) electrons. The van der Waals surface area contributed by atoms with Gasteiger partial charge in [0.15, 0.2) is 0 Å². The first-order valence-electron chi connectivity index (χ1n) is 11.7. The molecule has 31 heavy (non-hydrogen) atoms. The molecule has 0 spiro atoms. The number of likely N-dealkylation sites (tertiary alicyclic amines) is 1. The second kappa shape index (κ2) is 16.5. The number of nitrogens with one attached hydrogen (secondary N) is 2. The second-order valence-electron chi connectivity index (χ2n) is 8.26. The molecule has 1 saturated heterocycles. The minimum atomic E-state index is -0.779. The van der Waals surface area contributed by atoms with E-state index in [1.54, 1.807) is 0 Å². The zero-order valence-corrected chi connectivity index (χ0v) is 18.7. The number of rotatable bonds is 18. The molecule has 0 aromatic rings. The molecular weight excluding hydrogens is 400 g/mol. The lowest BCUT2D eigenvalue weighted by Crippen LogP contribution is -2.46. The van der Waals surface area contributed by atoms with Crippen LogP contribution in [0.5, 0.6) is 0 Å². The lowest BCUT2D eigenvalue weighted by Gasteiger charge is -2.24. The summed E-state index contributed by atoms with van der Waals surface area (Å²) in [6.07, 6.45) is 9.28. The summed E-state index contributed by atoms with van der Waals surface area (Å²) < 4.78 is 0. The molecule has 1 heterocycles. The summed E-state index contributed by atoms with van der Waals surface area (Å²) in [7, 11) is 0. The minimum Gasteiger partial charge on any atom is -0.481 e. The average Bonchev–Trinajstić information content (AvgIpc) is 3.26. The molecule has 1 fully saturated rings. The van der Waals surface area contributed by atoms with E-state index < -0.39 is 5.97 Å². The van der Waals surface area contributed by atoms with Gasteiger partial charge in [-0.15, -0.1) is 0 Å². The molecule has 9 nitrogen and oxygen atoms in total. The van der Waals surface area contributed by atoms with Crippen molar-refractivity contribution in [3.63, 3.8) is 0 Å². The zero-order valence-electron chi connectivity index (χ0n) is 18.7.